The van der Waals surface area contributed by atoms with Crippen LogP contribution >= 0.6 is 0 Å². The van der Waals surface area contributed by atoms with E-state index in [0.717, 1.165) is 18.2 Å². The molecule has 0 aliphatic rings. The third kappa shape index (κ3) is 6.76. The van der Waals surface area contributed by atoms with Crippen molar-refractivity contribution in [3.05, 3.63) is 29.8 Å². The van der Waals surface area contributed by atoms with Crippen LogP contribution in [0.25, 0.3) is 0 Å². The second kappa shape index (κ2) is 7.53. The van der Waals surface area contributed by atoms with E-state index in [1.807, 2.05) is 5.32 Å². The molecule has 0 radical (unpaired) electrons. The summed E-state index contributed by atoms with van der Waals surface area (Å²) in [5.41, 5.74) is -1.40. The van der Waals surface area contributed by atoms with E-state index in [-0.39, 0.29) is 18.7 Å². The molecule has 0 heterocycles. The third-order valence-corrected chi connectivity index (χ3v) is 2.79. The molecule has 0 spiro atoms. The highest BCUT2D eigenvalue weighted by atomic mass is 19.4. The van der Waals surface area contributed by atoms with Crippen LogP contribution in [0.5, 0.6) is 0 Å². The molecule has 1 atom stereocenters. The first kappa shape index (κ1) is 19.1. The van der Waals surface area contributed by atoms with Gasteiger partial charge in [-0.15, -0.1) is 0 Å². The van der Waals surface area contributed by atoms with Gasteiger partial charge in [0.05, 0.1) is 12.0 Å². The molecule has 10 heteroatoms. The average molecular weight is 344 g/mol. The smallest absolute Gasteiger partial charge is 0.416 e. The van der Waals surface area contributed by atoms with Crippen molar-refractivity contribution >= 4 is 11.7 Å². The highest BCUT2D eigenvalue weighted by Gasteiger charge is 2.39. The number of carboxylic acids is 1. The molecule has 3 N–H and O–H groups in total. The Hall–Kier alpha value is -1.97. The predicted molar refractivity (Wildman–Crippen MR) is 70.0 cm³/mol. The van der Waals surface area contributed by atoms with Crippen LogP contribution in [0.1, 0.15) is 12.0 Å². The van der Waals surface area contributed by atoms with Crippen molar-refractivity contribution in [1.29, 1.82) is 0 Å². The number of carboxylic acid groups (broad SMARTS) is 1. The molecule has 0 fully saturated rings. The molecular formula is C13H14F6N2O2. The number of carbonyl (C=O) groups is 1. The van der Waals surface area contributed by atoms with Crippen LogP contribution in [0.3, 0.4) is 0 Å². The monoisotopic (exact) mass is 344 g/mol. The maximum atomic E-state index is 12.9. The van der Waals surface area contributed by atoms with Crippen molar-refractivity contribution in [3.8, 4) is 0 Å². The summed E-state index contributed by atoms with van der Waals surface area (Å²) in [6, 6.07) is 1.26. The van der Waals surface area contributed by atoms with Gasteiger partial charge in [-0.2, -0.15) is 26.3 Å². The normalized spacial score (nSPS) is 13.7. The summed E-state index contributed by atoms with van der Waals surface area (Å²) in [4.78, 5) is 10.3. The summed E-state index contributed by atoms with van der Waals surface area (Å²) < 4.78 is 76.3. The topological polar surface area (TPSA) is 61.4 Å². The lowest BCUT2D eigenvalue weighted by molar-refractivity contribution is -0.141. The first-order valence-electron chi connectivity index (χ1n) is 6.43. The van der Waals surface area contributed by atoms with Crippen LogP contribution in [0.2, 0.25) is 0 Å². The lowest BCUT2D eigenvalue weighted by Gasteiger charge is -2.23. The van der Waals surface area contributed by atoms with Gasteiger partial charge in [-0.3, -0.25) is 4.79 Å². The minimum absolute atomic E-state index is 0.188. The van der Waals surface area contributed by atoms with E-state index >= 15 is 0 Å². The number of hydrogen-bond acceptors (Lipinski definition) is 3. The van der Waals surface area contributed by atoms with Crippen molar-refractivity contribution in [2.45, 2.75) is 24.8 Å². The fourth-order valence-electron chi connectivity index (χ4n) is 1.68. The van der Waals surface area contributed by atoms with Crippen LogP contribution in [-0.4, -0.2) is 36.4 Å². The summed E-state index contributed by atoms with van der Waals surface area (Å²) >= 11 is 0. The molecular weight excluding hydrogens is 330 g/mol. The van der Waals surface area contributed by atoms with Gasteiger partial charge in [0.25, 0.3) is 0 Å². The molecule has 0 aliphatic carbocycles. The third-order valence-electron chi connectivity index (χ3n) is 2.79. The minimum Gasteiger partial charge on any atom is -0.481 e. The molecule has 0 amide bonds. The quantitative estimate of drug-likeness (QED) is 0.525. The number of aliphatic carboxylic acids is 1. The highest BCUT2D eigenvalue weighted by molar-refractivity contribution is 5.66. The first-order chi connectivity index (χ1) is 10.5. The standard InChI is InChI=1S/C13H14F6N2O2/c14-12(15,16)8-2-1-3-9(6-8)21-10(13(17,18)19)7-20-5-4-11(22)23/h1-3,6,10,20-21H,4-5,7H2,(H,22,23). The Morgan fingerprint density at radius 1 is 1.17 bits per heavy atom. The van der Waals surface area contributed by atoms with Crippen molar-refractivity contribution in [2.75, 3.05) is 18.4 Å². The molecule has 1 rings (SSSR count). The molecule has 0 bridgehead atoms. The van der Waals surface area contributed by atoms with Gasteiger partial charge in [-0.25, -0.2) is 0 Å². The SMILES string of the molecule is O=C(O)CCNCC(Nc1cccc(C(F)(F)F)c1)C(F)(F)F. The summed E-state index contributed by atoms with van der Waals surface area (Å²) in [5.74, 6) is -1.17. The largest absolute Gasteiger partial charge is 0.481 e. The Morgan fingerprint density at radius 3 is 2.35 bits per heavy atom. The zero-order valence-electron chi connectivity index (χ0n) is 11.6. The second-order valence-electron chi connectivity index (χ2n) is 4.66. The van der Waals surface area contributed by atoms with E-state index in [2.05, 4.69) is 5.32 Å². The maximum absolute atomic E-state index is 12.9. The van der Waals surface area contributed by atoms with Crippen molar-refractivity contribution in [3.63, 3.8) is 0 Å². The Kier molecular flexibility index (Phi) is 6.25. The van der Waals surface area contributed by atoms with Gasteiger partial charge in [0, 0.05) is 18.8 Å². The predicted octanol–water partition coefficient (Wildman–Crippen LogP) is 3.11. The summed E-state index contributed by atoms with van der Waals surface area (Å²) in [6.45, 7) is -0.862. The molecule has 1 unspecified atom stereocenters. The molecule has 0 aromatic heterocycles. The second-order valence-corrected chi connectivity index (χ2v) is 4.66. The van der Waals surface area contributed by atoms with E-state index in [1.54, 1.807) is 0 Å². The van der Waals surface area contributed by atoms with Crippen molar-refractivity contribution in [2.24, 2.45) is 0 Å². The Morgan fingerprint density at radius 2 is 1.83 bits per heavy atom. The van der Waals surface area contributed by atoms with E-state index in [0.29, 0.717) is 6.07 Å². The molecule has 130 valence electrons. The van der Waals surface area contributed by atoms with Gasteiger partial charge < -0.3 is 15.7 Å². The number of nitrogens with one attached hydrogen (secondary N) is 2. The Balaban J connectivity index is 2.76. The summed E-state index contributed by atoms with van der Waals surface area (Å²) in [5, 5.41) is 12.7. The van der Waals surface area contributed by atoms with E-state index < -0.39 is 36.5 Å². The molecule has 0 saturated heterocycles. The number of rotatable bonds is 7. The van der Waals surface area contributed by atoms with E-state index in [4.69, 9.17) is 5.11 Å². The van der Waals surface area contributed by atoms with E-state index in [1.165, 1.54) is 0 Å². The highest BCUT2D eigenvalue weighted by Crippen LogP contribution is 2.31. The zero-order valence-corrected chi connectivity index (χ0v) is 11.6. The van der Waals surface area contributed by atoms with Crippen LogP contribution in [0.4, 0.5) is 32.0 Å². The summed E-state index contributed by atoms with van der Waals surface area (Å²) in [7, 11) is 0. The minimum atomic E-state index is -4.72. The lowest BCUT2D eigenvalue weighted by Crippen LogP contribution is -2.44. The summed E-state index contributed by atoms with van der Waals surface area (Å²) in [6.07, 6.45) is -9.75. The molecule has 1 aromatic rings. The van der Waals surface area contributed by atoms with Crippen LogP contribution < -0.4 is 10.6 Å². The Labute approximate surface area is 127 Å². The number of alkyl halides is 6. The van der Waals surface area contributed by atoms with Crippen LogP contribution in [0.15, 0.2) is 24.3 Å². The van der Waals surface area contributed by atoms with Crippen molar-refractivity contribution < 1.29 is 36.2 Å². The lowest BCUT2D eigenvalue weighted by atomic mass is 10.1. The Bertz CT molecular complexity index is 530. The van der Waals surface area contributed by atoms with Gasteiger partial charge in [0.2, 0.25) is 0 Å². The fraction of sp³-hybridized carbons (Fsp3) is 0.462. The van der Waals surface area contributed by atoms with Crippen LogP contribution in [-0.2, 0) is 11.0 Å². The van der Waals surface area contributed by atoms with Gasteiger partial charge in [-0.05, 0) is 18.2 Å². The van der Waals surface area contributed by atoms with Gasteiger partial charge in [-0.1, -0.05) is 6.07 Å². The number of benzene rings is 1. The zero-order chi connectivity index (χ0) is 17.7. The number of anilines is 1. The first-order valence-corrected chi connectivity index (χ1v) is 6.43. The van der Waals surface area contributed by atoms with Gasteiger partial charge in [0.1, 0.15) is 6.04 Å². The average Bonchev–Trinajstić information content (AvgIpc) is 2.40. The molecule has 0 aliphatic heterocycles. The molecule has 1 aromatic carbocycles. The fourth-order valence-corrected chi connectivity index (χ4v) is 1.68. The maximum Gasteiger partial charge on any atom is 0.416 e. The van der Waals surface area contributed by atoms with Crippen molar-refractivity contribution in [1.82, 2.24) is 5.32 Å². The van der Waals surface area contributed by atoms with Gasteiger partial charge >= 0.3 is 18.3 Å². The number of hydrogen-bond donors (Lipinski definition) is 3. The molecule has 23 heavy (non-hydrogen) atoms. The number of halogens is 6. The van der Waals surface area contributed by atoms with Gasteiger partial charge in [0.15, 0.2) is 0 Å². The van der Waals surface area contributed by atoms with E-state index in [9.17, 15) is 31.1 Å². The molecule has 4 nitrogen and oxygen atoms in total. The molecule has 0 saturated carbocycles. The van der Waals surface area contributed by atoms with Crippen LogP contribution in [0, 0.1) is 0 Å².